The number of allylic oxidation sites excluding steroid dienone is 2. The fraction of sp³-hybridized carbons (Fsp3) is 0.333. The van der Waals surface area contributed by atoms with Gasteiger partial charge in [0, 0.05) is 17.0 Å². The Morgan fingerprint density at radius 1 is 1.19 bits per heavy atom. The molecule has 0 bridgehead atoms. The van der Waals surface area contributed by atoms with Crippen LogP contribution in [0.3, 0.4) is 0 Å². The van der Waals surface area contributed by atoms with Crippen molar-refractivity contribution in [2.45, 2.75) is 32.1 Å². The first-order valence-electron chi connectivity index (χ1n) is 8.08. The van der Waals surface area contributed by atoms with Crippen LogP contribution in [0.1, 0.15) is 24.1 Å². The molecular weight excluding hydrogens is 362 g/mol. The van der Waals surface area contributed by atoms with E-state index in [0.29, 0.717) is 22.9 Å². The average Bonchev–Trinajstić information content (AvgIpc) is 3.07. The minimum atomic E-state index is -3.21. The van der Waals surface area contributed by atoms with Crippen molar-refractivity contribution in [1.29, 1.82) is 10.5 Å². The van der Waals surface area contributed by atoms with Crippen LogP contribution in [0.15, 0.2) is 34.5 Å². The van der Waals surface area contributed by atoms with Gasteiger partial charge in [-0.05, 0) is 24.1 Å². The molecule has 2 atom stereocenters. The number of nitrogens with zero attached hydrogens (tertiary/aromatic N) is 4. The third-order valence-electron chi connectivity index (χ3n) is 4.55. The summed E-state index contributed by atoms with van der Waals surface area (Å²) in [7, 11) is 0. The molecule has 5 nitrogen and oxygen atoms in total. The molecule has 0 aliphatic carbocycles. The summed E-state index contributed by atoms with van der Waals surface area (Å²) in [6.45, 7) is 1.88. The number of aliphatic imine (C=N–C) groups is 1. The Morgan fingerprint density at radius 2 is 1.93 bits per heavy atom. The molecule has 9 heteroatoms. The third kappa shape index (κ3) is 3.06. The molecule has 0 radical (unpaired) electrons. The molecule has 0 saturated heterocycles. The van der Waals surface area contributed by atoms with Gasteiger partial charge in [0.15, 0.2) is 0 Å². The van der Waals surface area contributed by atoms with Crippen molar-refractivity contribution < 1.29 is 17.6 Å². The topological polar surface area (TPSA) is 88.6 Å². The number of hydrogen-bond donors (Lipinski definition) is 1. The van der Waals surface area contributed by atoms with Crippen molar-refractivity contribution in [2.24, 2.45) is 10.9 Å². The van der Waals surface area contributed by atoms with E-state index in [1.807, 2.05) is 6.92 Å². The van der Waals surface area contributed by atoms with Gasteiger partial charge in [-0.25, -0.2) is 22.6 Å². The number of H-pyrrole nitrogens is 1. The van der Waals surface area contributed by atoms with Crippen molar-refractivity contribution in [3.8, 4) is 12.1 Å². The molecular formula is C18H13F4N5. The van der Waals surface area contributed by atoms with Gasteiger partial charge in [0.1, 0.15) is 17.3 Å². The summed E-state index contributed by atoms with van der Waals surface area (Å²) < 4.78 is 53.5. The number of aromatic amines is 1. The van der Waals surface area contributed by atoms with Crippen LogP contribution < -0.4 is 0 Å². The van der Waals surface area contributed by atoms with Gasteiger partial charge in [0.2, 0.25) is 0 Å². The van der Waals surface area contributed by atoms with Crippen molar-refractivity contribution in [3.63, 3.8) is 0 Å². The van der Waals surface area contributed by atoms with Crippen molar-refractivity contribution in [3.05, 3.63) is 40.7 Å². The number of aryl methyl sites for hydroxylation is 1. The van der Waals surface area contributed by atoms with Crippen LogP contribution in [0.4, 0.5) is 17.6 Å². The molecule has 0 spiro atoms. The molecule has 2 heterocycles. The number of benzene rings is 1. The largest absolute Gasteiger partial charge is 0.281 e. The van der Waals surface area contributed by atoms with Crippen LogP contribution in [0.5, 0.6) is 0 Å². The second-order valence-corrected chi connectivity index (χ2v) is 5.97. The highest BCUT2D eigenvalue weighted by Crippen LogP contribution is 2.41. The maximum Gasteiger partial charge on any atom is 0.281 e. The molecule has 0 saturated carbocycles. The lowest BCUT2D eigenvalue weighted by Crippen LogP contribution is -2.32. The number of rotatable bonds is 4. The minimum Gasteiger partial charge on any atom is -0.281 e. The minimum absolute atomic E-state index is 0.313. The predicted molar refractivity (Wildman–Crippen MR) is 89.4 cm³/mol. The normalized spacial score (nSPS) is 20.1. The first kappa shape index (κ1) is 18.6. The van der Waals surface area contributed by atoms with Gasteiger partial charge in [-0.15, -0.1) is 0 Å². The zero-order valence-electron chi connectivity index (χ0n) is 14.0. The smallest absolute Gasteiger partial charge is 0.281 e. The molecule has 138 valence electrons. The van der Waals surface area contributed by atoms with E-state index in [1.54, 1.807) is 24.3 Å². The number of alkyl halides is 4. The molecule has 0 amide bonds. The summed E-state index contributed by atoms with van der Waals surface area (Å²) in [6, 6.07) is 8.07. The Kier molecular flexibility index (Phi) is 4.95. The summed E-state index contributed by atoms with van der Waals surface area (Å²) in [5, 5.41) is 26.5. The number of nitrogens with one attached hydrogen (secondary N) is 1. The van der Waals surface area contributed by atoms with E-state index in [9.17, 15) is 28.1 Å². The predicted octanol–water partition coefficient (Wildman–Crippen LogP) is 4.11. The number of aromatic nitrogens is 2. The zero-order valence-corrected chi connectivity index (χ0v) is 14.0. The average molecular weight is 375 g/mol. The molecule has 0 fully saturated rings. The van der Waals surface area contributed by atoms with E-state index >= 15 is 0 Å². The van der Waals surface area contributed by atoms with Crippen LogP contribution >= 0.6 is 0 Å². The maximum atomic E-state index is 13.4. The first-order chi connectivity index (χ1) is 12.9. The number of nitriles is 2. The Morgan fingerprint density at radius 3 is 2.48 bits per heavy atom. The summed E-state index contributed by atoms with van der Waals surface area (Å²) in [6.07, 6.45) is -5.78. The molecule has 1 aliphatic heterocycles. The number of halogens is 4. The summed E-state index contributed by atoms with van der Waals surface area (Å²) in [4.78, 5) is 3.28. The fourth-order valence-corrected chi connectivity index (χ4v) is 3.29. The first-order valence-corrected chi connectivity index (χ1v) is 8.08. The molecule has 2 aromatic rings. The van der Waals surface area contributed by atoms with Gasteiger partial charge < -0.3 is 0 Å². The summed E-state index contributed by atoms with van der Waals surface area (Å²) in [5.74, 6) is -2.77. The number of fused-ring (bicyclic) bond motifs is 1. The van der Waals surface area contributed by atoms with E-state index < -0.39 is 41.7 Å². The van der Waals surface area contributed by atoms with Gasteiger partial charge in [0.05, 0.1) is 23.2 Å². The zero-order chi connectivity index (χ0) is 19.7. The number of hydrogen-bond acceptors (Lipinski definition) is 4. The Balaban J connectivity index is 2.26. The van der Waals surface area contributed by atoms with Crippen molar-refractivity contribution in [1.82, 2.24) is 10.2 Å². The molecule has 1 aromatic heterocycles. The van der Waals surface area contributed by atoms with Gasteiger partial charge in [-0.3, -0.25) is 5.10 Å². The summed E-state index contributed by atoms with van der Waals surface area (Å²) >= 11 is 0. The molecule has 1 aromatic carbocycles. The van der Waals surface area contributed by atoms with Gasteiger partial charge in [-0.2, -0.15) is 15.6 Å². The van der Waals surface area contributed by atoms with Crippen LogP contribution in [-0.2, 0) is 6.42 Å². The summed E-state index contributed by atoms with van der Waals surface area (Å²) in [5.41, 5.74) is -0.725. The van der Waals surface area contributed by atoms with Gasteiger partial charge in [-0.1, -0.05) is 13.0 Å². The Bertz CT molecular complexity index is 1020. The highest BCUT2D eigenvalue weighted by molar-refractivity contribution is 5.95. The van der Waals surface area contributed by atoms with Gasteiger partial charge in [0.25, 0.3) is 12.9 Å². The van der Waals surface area contributed by atoms with E-state index in [-0.39, 0.29) is 0 Å². The Hall–Kier alpha value is -3.20. The van der Waals surface area contributed by atoms with Crippen LogP contribution in [0.2, 0.25) is 0 Å². The van der Waals surface area contributed by atoms with E-state index in [1.165, 1.54) is 6.07 Å². The van der Waals surface area contributed by atoms with E-state index in [4.69, 9.17) is 0 Å². The van der Waals surface area contributed by atoms with E-state index in [0.717, 1.165) is 5.69 Å². The van der Waals surface area contributed by atoms with Crippen LogP contribution in [-0.4, -0.2) is 28.8 Å². The quantitative estimate of drug-likeness (QED) is 0.816. The molecule has 3 rings (SSSR count). The second-order valence-electron chi connectivity index (χ2n) is 5.97. The van der Waals surface area contributed by atoms with Crippen LogP contribution in [0, 0.1) is 28.6 Å². The fourth-order valence-electron chi connectivity index (χ4n) is 3.29. The highest BCUT2D eigenvalue weighted by atomic mass is 19.3. The monoisotopic (exact) mass is 375 g/mol. The standard InChI is InChI=1S/C18H13F4N5/c1-2-12-9-5-8(3-4-13(9)27-26-12)14-10(6-23)15(17(19)20)25-16(18(21)22)11(14)7-24/h3-5,10,14,17-18H,2H2,1H3,(H,26,27). The highest BCUT2D eigenvalue weighted by Gasteiger charge is 2.42. The lowest BCUT2D eigenvalue weighted by atomic mass is 9.76. The lowest BCUT2D eigenvalue weighted by molar-refractivity contribution is 0.182. The van der Waals surface area contributed by atoms with E-state index in [2.05, 4.69) is 15.2 Å². The lowest BCUT2D eigenvalue weighted by Gasteiger charge is -2.28. The van der Waals surface area contributed by atoms with Crippen molar-refractivity contribution in [2.75, 3.05) is 0 Å². The SMILES string of the molecule is CCc1[nH]nc2ccc(C3C(C#N)=C(C(F)F)N=C(C(F)F)C3C#N)cc12. The third-order valence-corrected chi connectivity index (χ3v) is 4.55. The molecule has 1 aliphatic rings. The maximum absolute atomic E-state index is 13.4. The Labute approximate surface area is 151 Å². The second kappa shape index (κ2) is 7.20. The van der Waals surface area contributed by atoms with Crippen LogP contribution in [0.25, 0.3) is 10.9 Å². The molecule has 1 N–H and O–H groups in total. The molecule has 2 unspecified atom stereocenters. The molecule has 27 heavy (non-hydrogen) atoms. The van der Waals surface area contributed by atoms with Gasteiger partial charge >= 0.3 is 0 Å². The van der Waals surface area contributed by atoms with Crippen molar-refractivity contribution >= 4 is 16.6 Å².